The molecule has 0 saturated heterocycles. The van der Waals surface area contributed by atoms with E-state index in [1.165, 1.54) is 17.0 Å². The average molecular weight is 275 g/mol. The summed E-state index contributed by atoms with van der Waals surface area (Å²) >= 11 is 5.62. The van der Waals surface area contributed by atoms with Gasteiger partial charge in [0, 0.05) is 13.1 Å². The maximum absolute atomic E-state index is 13.2. The molecule has 0 aliphatic rings. The fourth-order valence-corrected chi connectivity index (χ4v) is 1.67. The minimum absolute atomic E-state index is 0.153. The molecule has 7 heteroatoms. The third-order valence-corrected chi connectivity index (χ3v) is 2.56. The Morgan fingerprint density at radius 1 is 1.61 bits per heavy atom. The Labute approximate surface area is 108 Å². The van der Waals surface area contributed by atoms with Gasteiger partial charge in [0.25, 0.3) is 5.69 Å². The van der Waals surface area contributed by atoms with E-state index >= 15 is 0 Å². The van der Waals surface area contributed by atoms with Crippen LogP contribution < -0.4 is 4.90 Å². The fourth-order valence-electron chi connectivity index (χ4n) is 1.51. The number of halogens is 2. The smallest absolute Gasteiger partial charge is 0.295 e. The molecule has 0 aromatic heterocycles. The second-order valence-electron chi connectivity index (χ2n) is 3.47. The number of nitro groups is 1. The van der Waals surface area contributed by atoms with Crippen molar-refractivity contribution in [3.63, 3.8) is 0 Å². The predicted molar refractivity (Wildman–Crippen MR) is 67.6 cm³/mol. The van der Waals surface area contributed by atoms with Crippen molar-refractivity contribution in [3.8, 4) is 0 Å². The van der Waals surface area contributed by atoms with Crippen molar-refractivity contribution in [1.29, 1.82) is 0 Å². The molecule has 18 heavy (non-hydrogen) atoms. The summed E-state index contributed by atoms with van der Waals surface area (Å²) in [5, 5.41) is 19.6. The van der Waals surface area contributed by atoms with Gasteiger partial charge in [0.2, 0.25) is 0 Å². The standard InChI is InChI=1S/C11H12ClFN2O3/c1-2-3-14(4-5-16)10-6-8(12)9(13)7-11(10)15(17)18/h2,6-7,16H,1,3-5H2. The zero-order valence-corrected chi connectivity index (χ0v) is 10.2. The summed E-state index contributed by atoms with van der Waals surface area (Å²) < 4.78 is 13.2. The summed E-state index contributed by atoms with van der Waals surface area (Å²) in [6.07, 6.45) is 1.52. The second kappa shape index (κ2) is 6.32. The Morgan fingerprint density at radius 3 is 2.78 bits per heavy atom. The van der Waals surface area contributed by atoms with Crippen molar-refractivity contribution < 1.29 is 14.4 Å². The Kier molecular flexibility index (Phi) is 5.06. The zero-order chi connectivity index (χ0) is 13.7. The highest BCUT2D eigenvalue weighted by molar-refractivity contribution is 6.31. The lowest BCUT2D eigenvalue weighted by Gasteiger charge is -2.22. The van der Waals surface area contributed by atoms with Crippen LogP contribution in [0.4, 0.5) is 15.8 Å². The van der Waals surface area contributed by atoms with E-state index in [0.29, 0.717) is 0 Å². The van der Waals surface area contributed by atoms with E-state index in [1.807, 2.05) is 0 Å². The van der Waals surface area contributed by atoms with E-state index in [2.05, 4.69) is 6.58 Å². The second-order valence-corrected chi connectivity index (χ2v) is 3.88. The quantitative estimate of drug-likeness (QED) is 0.491. The SMILES string of the molecule is C=CCN(CCO)c1cc(Cl)c(F)cc1[N+](=O)[O-]. The summed E-state index contributed by atoms with van der Waals surface area (Å²) in [5.41, 5.74) is -0.243. The molecule has 0 radical (unpaired) electrons. The normalized spacial score (nSPS) is 10.2. The van der Waals surface area contributed by atoms with Crippen LogP contribution >= 0.6 is 11.6 Å². The number of nitrogens with zero attached hydrogens (tertiary/aromatic N) is 2. The van der Waals surface area contributed by atoms with Crippen molar-refractivity contribution in [3.05, 3.63) is 45.7 Å². The van der Waals surface area contributed by atoms with Crippen molar-refractivity contribution in [2.75, 3.05) is 24.6 Å². The highest BCUT2D eigenvalue weighted by atomic mass is 35.5. The Hall–Kier alpha value is -1.66. The minimum atomic E-state index is -0.852. The van der Waals surface area contributed by atoms with Crippen molar-refractivity contribution >= 4 is 23.0 Å². The lowest BCUT2D eigenvalue weighted by Crippen LogP contribution is -2.27. The van der Waals surface area contributed by atoms with Crippen LogP contribution in [0.5, 0.6) is 0 Å². The number of benzene rings is 1. The van der Waals surface area contributed by atoms with E-state index in [0.717, 1.165) is 6.07 Å². The minimum Gasteiger partial charge on any atom is -0.395 e. The maximum Gasteiger partial charge on any atom is 0.295 e. The molecule has 1 rings (SSSR count). The molecule has 1 aromatic carbocycles. The molecule has 0 heterocycles. The topological polar surface area (TPSA) is 66.6 Å². The van der Waals surface area contributed by atoms with Gasteiger partial charge in [0.1, 0.15) is 11.5 Å². The first kappa shape index (κ1) is 14.4. The number of aliphatic hydroxyl groups is 1. The predicted octanol–water partition coefficient (Wildman–Crippen LogP) is 2.37. The van der Waals surface area contributed by atoms with E-state index in [1.54, 1.807) is 0 Å². The monoisotopic (exact) mass is 274 g/mol. The molecule has 0 aliphatic heterocycles. The zero-order valence-electron chi connectivity index (χ0n) is 9.47. The Balaban J connectivity index is 3.29. The number of hydrogen-bond donors (Lipinski definition) is 1. The number of aliphatic hydroxyl groups excluding tert-OH is 1. The summed E-state index contributed by atoms with van der Waals surface area (Å²) in [4.78, 5) is 11.7. The number of rotatable bonds is 6. The number of hydrogen-bond acceptors (Lipinski definition) is 4. The molecule has 0 aliphatic carbocycles. The van der Waals surface area contributed by atoms with Crippen molar-refractivity contribution in [2.45, 2.75) is 0 Å². The van der Waals surface area contributed by atoms with Crippen LogP contribution in [0.1, 0.15) is 0 Å². The third-order valence-electron chi connectivity index (χ3n) is 2.27. The summed E-state index contributed by atoms with van der Waals surface area (Å²) in [5.74, 6) is -0.852. The van der Waals surface area contributed by atoms with Gasteiger partial charge in [-0.2, -0.15) is 0 Å². The Bertz CT molecular complexity index is 468. The molecular weight excluding hydrogens is 263 g/mol. The van der Waals surface area contributed by atoms with Crippen LogP contribution in [0.15, 0.2) is 24.8 Å². The molecule has 0 amide bonds. The molecule has 5 nitrogen and oxygen atoms in total. The van der Waals surface area contributed by atoms with Gasteiger partial charge in [-0.15, -0.1) is 6.58 Å². The fraction of sp³-hybridized carbons (Fsp3) is 0.273. The van der Waals surface area contributed by atoms with Crippen LogP contribution in [0, 0.1) is 15.9 Å². The molecule has 0 fully saturated rings. The van der Waals surface area contributed by atoms with Gasteiger partial charge in [-0.3, -0.25) is 10.1 Å². The lowest BCUT2D eigenvalue weighted by molar-refractivity contribution is -0.384. The van der Waals surface area contributed by atoms with E-state index in [9.17, 15) is 14.5 Å². The van der Waals surface area contributed by atoms with Gasteiger partial charge in [0.15, 0.2) is 0 Å². The summed E-state index contributed by atoms with van der Waals surface area (Å²) in [7, 11) is 0. The molecule has 0 bridgehead atoms. The van der Waals surface area contributed by atoms with Crippen molar-refractivity contribution in [2.24, 2.45) is 0 Å². The first-order chi connectivity index (χ1) is 8.51. The summed E-state index contributed by atoms with van der Waals surface area (Å²) in [6, 6.07) is 1.94. The summed E-state index contributed by atoms with van der Waals surface area (Å²) in [6.45, 7) is 3.77. The van der Waals surface area contributed by atoms with E-state index < -0.39 is 16.4 Å². The van der Waals surface area contributed by atoms with Crippen LogP contribution in [0.3, 0.4) is 0 Å². The van der Waals surface area contributed by atoms with Gasteiger partial charge in [0.05, 0.1) is 22.6 Å². The van der Waals surface area contributed by atoms with Crippen LogP contribution in [0.25, 0.3) is 0 Å². The first-order valence-corrected chi connectivity index (χ1v) is 5.49. The lowest BCUT2D eigenvalue weighted by atomic mass is 10.2. The van der Waals surface area contributed by atoms with E-state index in [-0.39, 0.29) is 30.4 Å². The van der Waals surface area contributed by atoms with Crippen LogP contribution in [-0.4, -0.2) is 29.7 Å². The van der Waals surface area contributed by atoms with Gasteiger partial charge >= 0.3 is 0 Å². The molecule has 0 saturated carbocycles. The van der Waals surface area contributed by atoms with Crippen LogP contribution in [-0.2, 0) is 0 Å². The van der Waals surface area contributed by atoms with Gasteiger partial charge in [-0.1, -0.05) is 17.7 Å². The number of nitro benzene ring substituents is 1. The molecule has 0 spiro atoms. The Morgan fingerprint density at radius 2 is 2.28 bits per heavy atom. The largest absolute Gasteiger partial charge is 0.395 e. The first-order valence-electron chi connectivity index (χ1n) is 5.11. The third kappa shape index (κ3) is 3.18. The average Bonchev–Trinajstić information content (AvgIpc) is 2.31. The number of anilines is 1. The molecule has 0 atom stereocenters. The highest BCUT2D eigenvalue weighted by Gasteiger charge is 2.21. The van der Waals surface area contributed by atoms with Gasteiger partial charge < -0.3 is 10.0 Å². The van der Waals surface area contributed by atoms with Crippen molar-refractivity contribution in [1.82, 2.24) is 0 Å². The van der Waals surface area contributed by atoms with Gasteiger partial charge in [-0.05, 0) is 6.07 Å². The molecule has 1 aromatic rings. The van der Waals surface area contributed by atoms with Crippen LogP contribution in [0.2, 0.25) is 5.02 Å². The maximum atomic E-state index is 13.2. The highest BCUT2D eigenvalue weighted by Crippen LogP contribution is 2.33. The molecule has 0 unspecified atom stereocenters. The molecule has 98 valence electrons. The van der Waals surface area contributed by atoms with Gasteiger partial charge in [-0.25, -0.2) is 4.39 Å². The van der Waals surface area contributed by atoms with E-state index in [4.69, 9.17) is 16.7 Å². The molecular formula is C11H12ClFN2O3. The molecule has 1 N–H and O–H groups in total.